The highest BCUT2D eigenvalue weighted by atomic mass is 32.1. The van der Waals surface area contributed by atoms with E-state index in [0.717, 1.165) is 58.7 Å². The first-order chi connectivity index (χ1) is 9.34. The quantitative estimate of drug-likeness (QED) is 0.450. The van der Waals surface area contributed by atoms with Crippen molar-refractivity contribution in [2.45, 2.75) is 32.1 Å². The largest absolute Gasteiger partial charge is 0.379 e. The number of ether oxygens (including phenoxy) is 1. The van der Waals surface area contributed by atoms with E-state index in [9.17, 15) is 0 Å². The Morgan fingerprint density at radius 2 is 2.00 bits per heavy atom. The molecule has 0 amide bonds. The van der Waals surface area contributed by atoms with Crippen LogP contribution in [0, 0.1) is 0 Å². The predicted molar refractivity (Wildman–Crippen MR) is 81.5 cm³/mol. The van der Waals surface area contributed by atoms with Crippen molar-refractivity contribution < 1.29 is 4.74 Å². The zero-order chi connectivity index (χ0) is 13.3. The van der Waals surface area contributed by atoms with Gasteiger partial charge in [-0.15, -0.1) is 0 Å². The lowest BCUT2D eigenvalue weighted by Crippen LogP contribution is -2.39. The van der Waals surface area contributed by atoms with Crippen LogP contribution in [0.1, 0.15) is 32.1 Å². The summed E-state index contributed by atoms with van der Waals surface area (Å²) in [6.07, 6.45) is 5.86. The summed E-state index contributed by atoms with van der Waals surface area (Å²) in [5.74, 6) is 0. The zero-order valence-electron chi connectivity index (χ0n) is 11.5. The van der Waals surface area contributed by atoms with Crippen LogP contribution in [0.5, 0.6) is 0 Å². The SMILES string of the molecule is S=C(NCCCN1CCOCC1)NN=C1CCCC1. The van der Waals surface area contributed by atoms with Crippen LogP contribution in [0.15, 0.2) is 5.10 Å². The van der Waals surface area contributed by atoms with E-state index in [1.54, 1.807) is 0 Å². The van der Waals surface area contributed by atoms with Gasteiger partial charge in [-0.25, -0.2) is 0 Å². The lowest BCUT2D eigenvalue weighted by atomic mass is 10.3. The summed E-state index contributed by atoms with van der Waals surface area (Å²) in [6.45, 7) is 5.84. The second-order valence-corrected chi connectivity index (χ2v) is 5.47. The average Bonchev–Trinajstić information content (AvgIpc) is 2.96. The maximum Gasteiger partial charge on any atom is 0.186 e. The monoisotopic (exact) mass is 284 g/mol. The predicted octanol–water partition coefficient (Wildman–Crippen LogP) is 1.10. The normalized spacial score (nSPS) is 20.3. The lowest BCUT2D eigenvalue weighted by Gasteiger charge is -2.26. The molecule has 2 fully saturated rings. The van der Waals surface area contributed by atoms with Crippen molar-refractivity contribution in [2.24, 2.45) is 5.10 Å². The van der Waals surface area contributed by atoms with Gasteiger partial charge in [-0.05, 0) is 50.9 Å². The van der Waals surface area contributed by atoms with Crippen LogP contribution in [0.3, 0.4) is 0 Å². The molecular weight excluding hydrogens is 260 g/mol. The van der Waals surface area contributed by atoms with Crippen LogP contribution in [0.2, 0.25) is 0 Å². The Morgan fingerprint density at radius 1 is 1.26 bits per heavy atom. The standard InChI is InChI=1S/C13H24N4OS/c19-13(16-15-12-4-1-2-5-12)14-6-3-7-17-8-10-18-11-9-17/h1-11H2,(H2,14,16,19). The van der Waals surface area contributed by atoms with Crippen molar-refractivity contribution in [3.8, 4) is 0 Å². The number of hydrogen-bond donors (Lipinski definition) is 2. The van der Waals surface area contributed by atoms with Crippen molar-refractivity contribution in [3.63, 3.8) is 0 Å². The van der Waals surface area contributed by atoms with Crippen molar-refractivity contribution in [1.29, 1.82) is 0 Å². The van der Waals surface area contributed by atoms with Crippen molar-refractivity contribution in [1.82, 2.24) is 15.6 Å². The molecule has 0 aromatic carbocycles. The fourth-order valence-corrected chi connectivity index (χ4v) is 2.54. The molecule has 6 heteroatoms. The number of rotatable bonds is 5. The number of nitrogens with zero attached hydrogens (tertiary/aromatic N) is 2. The molecule has 0 bridgehead atoms. The third kappa shape index (κ3) is 5.84. The Labute approximate surface area is 120 Å². The minimum atomic E-state index is 0.640. The fourth-order valence-electron chi connectivity index (χ4n) is 2.39. The molecule has 0 aromatic rings. The topological polar surface area (TPSA) is 48.9 Å². The molecule has 108 valence electrons. The molecular formula is C13H24N4OS. The zero-order valence-corrected chi connectivity index (χ0v) is 12.3. The Bertz CT molecular complexity index is 308. The molecule has 5 nitrogen and oxygen atoms in total. The molecule has 0 spiro atoms. The second-order valence-electron chi connectivity index (χ2n) is 5.06. The molecule has 1 aliphatic carbocycles. The fraction of sp³-hybridized carbons (Fsp3) is 0.846. The molecule has 0 radical (unpaired) electrons. The first kappa shape index (κ1) is 14.7. The van der Waals surface area contributed by atoms with Gasteiger partial charge in [0.2, 0.25) is 0 Å². The minimum Gasteiger partial charge on any atom is -0.379 e. The van der Waals surface area contributed by atoms with E-state index in [1.165, 1.54) is 18.6 Å². The number of hydrazone groups is 1. The summed E-state index contributed by atoms with van der Waals surface area (Å²) < 4.78 is 5.32. The number of hydrogen-bond acceptors (Lipinski definition) is 4. The first-order valence-corrected chi connectivity index (χ1v) is 7.65. The van der Waals surface area contributed by atoms with E-state index >= 15 is 0 Å². The van der Waals surface area contributed by atoms with Gasteiger partial charge in [-0.2, -0.15) is 5.10 Å². The molecule has 2 rings (SSSR count). The lowest BCUT2D eigenvalue weighted by molar-refractivity contribution is 0.0376. The van der Waals surface area contributed by atoms with E-state index in [-0.39, 0.29) is 0 Å². The van der Waals surface area contributed by atoms with E-state index < -0.39 is 0 Å². The maximum atomic E-state index is 5.32. The first-order valence-electron chi connectivity index (χ1n) is 7.24. The Morgan fingerprint density at radius 3 is 2.74 bits per heavy atom. The number of nitrogens with one attached hydrogen (secondary N) is 2. The van der Waals surface area contributed by atoms with Gasteiger partial charge < -0.3 is 10.1 Å². The van der Waals surface area contributed by atoms with Gasteiger partial charge in [-0.1, -0.05) is 0 Å². The van der Waals surface area contributed by atoms with Gasteiger partial charge in [0.05, 0.1) is 13.2 Å². The summed E-state index contributed by atoms with van der Waals surface area (Å²) in [6, 6.07) is 0. The second kappa shape index (κ2) is 8.45. The molecule has 19 heavy (non-hydrogen) atoms. The average molecular weight is 284 g/mol. The molecule has 2 N–H and O–H groups in total. The van der Waals surface area contributed by atoms with Gasteiger partial charge in [0.1, 0.15) is 0 Å². The van der Waals surface area contributed by atoms with Gasteiger partial charge in [0.25, 0.3) is 0 Å². The van der Waals surface area contributed by atoms with E-state index in [4.69, 9.17) is 17.0 Å². The summed E-state index contributed by atoms with van der Waals surface area (Å²) >= 11 is 5.20. The molecule has 1 saturated heterocycles. The minimum absolute atomic E-state index is 0.640. The van der Waals surface area contributed by atoms with Crippen LogP contribution in [-0.2, 0) is 4.74 Å². The van der Waals surface area contributed by atoms with Gasteiger partial charge in [-0.3, -0.25) is 10.3 Å². The van der Waals surface area contributed by atoms with Crippen LogP contribution in [0.25, 0.3) is 0 Å². The van der Waals surface area contributed by atoms with Crippen LogP contribution in [-0.4, -0.2) is 55.1 Å². The van der Waals surface area contributed by atoms with Crippen LogP contribution < -0.4 is 10.7 Å². The molecule has 0 atom stereocenters. The van der Waals surface area contributed by atoms with Gasteiger partial charge >= 0.3 is 0 Å². The summed E-state index contributed by atoms with van der Waals surface area (Å²) in [4.78, 5) is 2.43. The maximum absolute atomic E-state index is 5.32. The third-order valence-electron chi connectivity index (χ3n) is 3.54. The summed E-state index contributed by atoms with van der Waals surface area (Å²) in [5, 5.41) is 8.17. The van der Waals surface area contributed by atoms with Crippen molar-refractivity contribution >= 4 is 23.0 Å². The Hall–Kier alpha value is -0.720. The Kier molecular flexibility index (Phi) is 6.53. The number of morpholine rings is 1. The van der Waals surface area contributed by atoms with Gasteiger partial charge in [0.15, 0.2) is 5.11 Å². The summed E-state index contributed by atoms with van der Waals surface area (Å²) in [5.41, 5.74) is 4.19. The van der Waals surface area contributed by atoms with Crippen molar-refractivity contribution in [2.75, 3.05) is 39.4 Å². The highest BCUT2D eigenvalue weighted by Crippen LogP contribution is 2.13. The molecule has 0 unspecified atom stereocenters. The van der Waals surface area contributed by atoms with E-state index in [2.05, 4.69) is 20.7 Å². The third-order valence-corrected chi connectivity index (χ3v) is 3.77. The Balaban J connectivity index is 1.50. The molecule has 1 saturated carbocycles. The smallest absolute Gasteiger partial charge is 0.186 e. The summed E-state index contributed by atoms with van der Waals surface area (Å²) in [7, 11) is 0. The van der Waals surface area contributed by atoms with E-state index in [0.29, 0.717) is 5.11 Å². The molecule has 1 aliphatic heterocycles. The van der Waals surface area contributed by atoms with Crippen molar-refractivity contribution in [3.05, 3.63) is 0 Å². The van der Waals surface area contributed by atoms with Gasteiger partial charge in [0, 0.05) is 25.3 Å². The molecule has 1 heterocycles. The van der Waals surface area contributed by atoms with Crippen LogP contribution >= 0.6 is 12.2 Å². The highest BCUT2D eigenvalue weighted by Gasteiger charge is 2.09. The highest BCUT2D eigenvalue weighted by molar-refractivity contribution is 7.80. The van der Waals surface area contributed by atoms with Crippen LogP contribution in [0.4, 0.5) is 0 Å². The number of thiocarbonyl (C=S) groups is 1. The molecule has 0 aromatic heterocycles. The molecule has 2 aliphatic rings. The van der Waals surface area contributed by atoms with E-state index in [1.807, 2.05) is 0 Å².